The minimum Gasteiger partial charge on any atom is -0.322 e. The van der Waals surface area contributed by atoms with Crippen LogP contribution in [0, 0.1) is 13.8 Å². The first-order valence-electron chi connectivity index (χ1n) is 9.09. The molecule has 0 saturated carbocycles. The monoisotopic (exact) mass is 425 g/mol. The van der Waals surface area contributed by atoms with E-state index in [4.69, 9.17) is 11.6 Å². The Morgan fingerprint density at radius 3 is 2.54 bits per heavy atom. The quantitative estimate of drug-likeness (QED) is 0.512. The average Bonchev–Trinajstić information content (AvgIpc) is 3.17. The van der Waals surface area contributed by atoms with Gasteiger partial charge in [0.05, 0.1) is 16.9 Å². The van der Waals surface area contributed by atoms with Crippen LogP contribution in [-0.4, -0.2) is 16.2 Å². The maximum absolute atomic E-state index is 13.2. The molecule has 2 heterocycles. The summed E-state index contributed by atoms with van der Waals surface area (Å²) in [5, 5.41) is 0.222. The zero-order valence-electron chi connectivity index (χ0n) is 15.4. The third kappa shape index (κ3) is 3.41. The van der Waals surface area contributed by atoms with Crippen LogP contribution in [0.3, 0.4) is 0 Å². The van der Waals surface area contributed by atoms with Crippen molar-refractivity contribution in [3.8, 4) is 0 Å². The van der Waals surface area contributed by atoms with Gasteiger partial charge in [0.1, 0.15) is 0 Å². The Balaban J connectivity index is 1.69. The Morgan fingerprint density at radius 1 is 1.07 bits per heavy atom. The van der Waals surface area contributed by atoms with Crippen molar-refractivity contribution in [2.75, 3.05) is 0 Å². The lowest BCUT2D eigenvalue weighted by molar-refractivity contribution is -0.137. The van der Waals surface area contributed by atoms with E-state index in [-0.39, 0.29) is 22.6 Å². The second-order valence-electron chi connectivity index (χ2n) is 7.53. The van der Waals surface area contributed by atoms with Gasteiger partial charge in [-0.1, -0.05) is 52.7 Å². The Hall–Kier alpha value is -1.66. The fraction of sp³-hybridized carbons (Fsp3) is 0.381. The summed E-state index contributed by atoms with van der Waals surface area (Å²) in [4.78, 5) is 14.6. The molecule has 28 heavy (non-hydrogen) atoms. The van der Waals surface area contributed by atoms with Gasteiger partial charge in [0.15, 0.2) is 0 Å². The number of carbonyl (C=O) groups is 1. The van der Waals surface area contributed by atoms with E-state index in [1.54, 1.807) is 13.0 Å². The molecule has 0 spiro atoms. The fourth-order valence-electron chi connectivity index (χ4n) is 4.30. The predicted octanol–water partition coefficient (Wildman–Crippen LogP) is 7.09. The van der Waals surface area contributed by atoms with E-state index in [2.05, 4.69) is 0 Å². The Bertz CT molecular complexity index is 946. The third-order valence-corrected chi connectivity index (χ3v) is 7.08. The van der Waals surface area contributed by atoms with Gasteiger partial charge in [0.2, 0.25) is 0 Å². The highest BCUT2D eigenvalue weighted by molar-refractivity contribution is 8.14. The van der Waals surface area contributed by atoms with Gasteiger partial charge in [0.25, 0.3) is 5.24 Å². The molecule has 0 bridgehead atoms. The summed E-state index contributed by atoms with van der Waals surface area (Å²) < 4.78 is 39.7. The molecule has 4 rings (SSSR count). The van der Waals surface area contributed by atoms with Gasteiger partial charge in [-0.05, 0) is 56.0 Å². The van der Waals surface area contributed by atoms with E-state index >= 15 is 0 Å². The smallest absolute Gasteiger partial charge is 0.322 e. The number of aryl methyl sites for hydroxylation is 2. The highest BCUT2D eigenvalue weighted by atomic mass is 35.5. The lowest BCUT2D eigenvalue weighted by atomic mass is 9.98. The van der Waals surface area contributed by atoms with Gasteiger partial charge in [-0.15, -0.1) is 0 Å². The molecule has 2 aromatic carbocycles. The first kappa shape index (κ1) is 19.6. The summed E-state index contributed by atoms with van der Waals surface area (Å²) in [5.41, 5.74) is 2.43. The fourth-order valence-corrected chi connectivity index (χ4v) is 5.84. The molecule has 7 heteroatoms. The van der Waals surface area contributed by atoms with E-state index in [1.165, 1.54) is 6.07 Å². The van der Waals surface area contributed by atoms with Crippen LogP contribution in [0.5, 0.6) is 0 Å². The van der Waals surface area contributed by atoms with Gasteiger partial charge >= 0.3 is 6.18 Å². The van der Waals surface area contributed by atoms with Crippen LogP contribution in [0.1, 0.15) is 52.0 Å². The molecule has 0 radical (unpaired) electrons. The van der Waals surface area contributed by atoms with E-state index in [1.807, 2.05) is 30.0 Å². The Kier molecular flexibility index (Phi) is 4.91. The minimum absolute atomic E-state index is 0.0925. The molecule has 1 amide bonds. The summed E-state index contributed by atoms with van der Waals surface area (Å²) in [6, 6.07) is 9.59. The Morgan fingerprint density at radius 2 is 1.82 bits per heavy atom. The third-order valence-electron chi connectivity index (χ3n) is 5.48. The van der Waals surface area contributed by atoms with Crippen LogP contribution in [-0.2, 0) is 6.18 Å². The SMILES string of the molecule is Cc1cc([C@H]2SC(=O)N3[C@H](c4cc(C)ccc4Cl)CC[C@@H]23)cc(C(F)(F)F)c1. The molecule has 0 aliphatic carbocycles. The number of carbonyl (C=O) groups excluding carboxylic acids is 1. The van der Waals surface area contributed by atoms with E-state index in [0.717, 1.165) is 41.8 Å². The lowest BCUT2D eigenvalue weighted by Gasteiger charge is -2.26. The zero-order chi connectivity index (χ0) is 20.2. The second-order valence-corrected chi connectivity index (χ2v) is 9.03. The molecule has 2 nitrogen and oxygen atoms in total. The molecular formula is C21H19ClF3NOS. The topological polar surface area (TPSA) is 20.3 Å². The van der Waals surface area contributed by atoms with Crippen molar-refractivity contribution in [1.82, 2.24) is 4.90 Å². The average molecular weight is 426 g/mol. The number of hydrogen-bond donors (Lipinski definition) is 0. The highest BCUT2D eigenvalue weighted by Gasteiger charge is 2.49. The normalized spacial score (nSPS) is 24.7. The number of halogens is 4. The van der Waals surface area contributed by atoms with Crippen molar-refractivity contribution in [3.63, 3.8) is 0 Å². The number of thioether (sulfide) groups is 1. The summed E-state index contributed by atoms with van der Waals surface area (Å²) >= 11 is 7.51. The summed E-state index contributed by atoms with van der Waals surface area (Å²) in [5.74, 6) is 0. The Labute approximate surface area is 171 Å². The van der Waals surface area contributed by atoms with Crippen LogP contribution in [0.2, 0.25) is 5.02 Å². The molecule has 2 aromatic rings. The van der Waals surface area contributed by atoms with Crippen LogP contribution in [0.25, 0.3) is 0 Å². The van der Waals surface area contributed by atoms with E-state index < -0.39 is 11.7 Å². The molecule has 0 aromatic heterocycles. The first-order valence-corrected chi connectivity index (χ1v) is 10.3. The molecule has 2 saturated heterocycles. The molecule has 148 valence electrons. The zero-order valence-corrected chi connectivity index (χ0v) is 17.0. The number of rotatable bonds is 2. The maximum atomic E-state index is 13.2. The maximum Gasteiger partial charge on any atom is 0.416 e. The van der Waals surface area contributed by atoms with Crippen molar-refractivity contribution < 1.29 is 18.0 Å². The van der Waals surface area contributed by atoms with Gasteiger partial charge in [-0.2, -0.15) is 13.2 Å². The van der Waals surface area contributed by atoms with Crippen LogP contribution < -0.4 is 0 Å². The number of amides is 1. The molecule has 2 fully saturated rings. The molecular weight excluding hydrogens is 407 g/mol. The highest BCUT2D eigenvalue weighted by Crippen LogP contribution is 2.54. The van der Waals surface area contributed by atoms with E-state index in [9.17, 15) is 18.0 Å². The van der Waals surface area contributed by atoms with Crippen LogP contribution in [0.15, 0.2) is 36.4 Å². The standard InChI is InChI=1S/C21H19ClF3NOS/c1-11-3-4-16(22)15(9-11)17-5-6-18-19(28-20(27)26(17)18)13-7-12(2)8-14(10-13)21(23,24)25/h3-4,7-10,17-19H,5-6H2,1-2H3/t17-,18-,19+/m0/s1. The number of alkyl halides is 3. The lowest BCUT2D eigenvalue weighted by Crippen LogP contribution is -2.30. The first-order chi connectivity index (χ1) is 13.1. The van der Waals surface area contributed by atoms with E-state index in [0.29, 0.717) is 16.1 Å². The largest absolute Gasteiger partial charge is 0.416 e. The van der Waals surface area contributed by atoms with Crippen LogP contribution >= 0.6 is 23.4 Å². The van der Waals surface area contributed by atoms with Gasteiger partial charge in [-0.25, -0.2) is 0 Å². The molecule has 0 N–H and O–H groups in total. The summed E-state index contributed by atoms with van der Waals surface area (Å²) in [7, 11) is 0. The van der Waals surface area contributed by atoms with Gasteiger partial charge in [-0.3, -0.25) is 4.79 Å². The van der Waals surface area contributed by atoms with Crippen molar-refractivity contribution in [1.29, 1.82) is 0 Å². The summed E-state index contributed by atoms with van der Waals surface area (Å²) in [6.45, 7) is 3.63. The number of nitrogens with zero attached hydrogens (tertiary/aromatic N) is 1. The molecule has 2 aliphatic heterocycles. The van der Waals surface area contributed by atoms with Crippen molar-refractivity contribution >= 4 is 28.6 Å². The van der Waals surface area contributed by atoms with Gasteiger partial charge in [0, 0.05) is 11.1 Å². The number of benzene rings is 2. The van der Waals surface area contributed by atoms with Crippen molar-refractivity contribution in [3.05, 3.63) is 69.2 Å². The molecule has 0 unspecified atom stereocenters. The second kappa shape index (κ2) is 6.99. The summed E-state index contributed by atoms with van der Waals surface area (Å²) in [6.07, 6.45) is -2.90. The number of fused-ring (bicyclic) bond motifs is 1. The molecule has 3 atom stereocenters. The molecule has 2 aliphatic rings. The predicted molar refractivity (Wildman–Crippen MR) is 106 cm³/mol. The minimum atomic E-state index is -4.40. The number of hydrogen-bond acceptors (Lipinski definition) is 2. The van der Waals surface area contributed by atoms with Gasteiger partial charge < -0.3 is 4.90 Å². The van der Waals surface area contributed by atoms with Crippen LogP contribution in [0.4, 0.5) is 18.0 Å². The van der Waals surface area contributed by atoms with Crippen molar-refractivity contribution in [2.45, 2.75) is 50.2 Å². The van der Waals surface area contributed by atoms with Crippen molar-refractivity contribution in [2.24, 2.45) is 0 Å².